The zero-order valence-corrected chi connectivity index (χ0v) is 9.91. The molecule has 16 heavy (non-hydrogen) atoms. The van der Waals surface area contributed by atoms with E-state index in [1.54, 1.807) is 6.07 Å². The summed E-state index contributed by atoms with van der Waals surface area (Å²) in [5, 5.41) is 3.58. The van der Waals surface area contributed by atoms with Gasteiger partial charge >= 0.3 is 0 Å². The van der Waals surface area contributed by atoms with Crippen LogP contribution in [0.2, 0.25) is 0 Å². The molecule has 0 spiro atoms. The van der Waals surface area contributed by atoms with Crippen LogP contribution >= 0.6 is 0 Å². The molecule has 1 saturated carbocycles. The van der Waals surface area contributed by atoms with Gasteiger partial charge in [-0.05, 0) is 37.3 Å². The summed E-state index contributed by atoms with van der Waals surface area (Å²) in [6.45, 7) is 4.40. The van der Waals surface area contributed by atoms with E-state index in [4.69, 9.17) is 0 Å². The molecule has 1 aromatic heterocycles. The summed E-state index contributed by atoms with van der Waals surface area (Å²) < 4.78 is 12.8. The predicted molar refractivity (Wildman–Crippen MR) is 62.5 cm³/mol. The minimum atomic E-state index is -0.268. The summed E-state index contributed by atoms with van der Waals surface area (Å²) in [6.07, 6.45) is 4.78. The molecule has 1 aliphatic carbocycles. The first kappa shape index (κ1) is 11.5. The smallest absolute Gasteiger partial charge is 0.141 e. The minimum absolute atomic E-state index is 0.262. The highest BCUT2D eigenvalue weighted by Gasteiger charge is 2.27. The second-order valence-electron chi connectivity index (χ2n) is 4.80. The lowest BCUT2D eigenvalue weighted by atomic mass is 9.81. The predicted octanol–water partition coefficient (Wildman–Crippen LogP) is 3.06. The van der Waals surface area contributed by atoms with Crippen molar-refractivity contribution in [1.29, 1.82) is 0 Å². The maximum Gasteiger partial charge on any atom is 0.141 e. The van der Waals surface area contributed by atoms with E-state index < -0.39 is 0 Å². The van der Waals surface area contributed by atoms with Crippen molar-refractivity contribution in [1.82, 2.24) is 10.3 Å². The summed E-state index contributed by atoms with van der Waals surface area (Å²) in [5.74, 6) is 0.576. The molecule has 0 aromatic carbocycles. The molecule has 1 unspecified atom stereocenters. The fraction of sp³-hybridized carbons (Fsp3) is 0.615. The first-order valence-corrected chi connectivity index (χ1v) is 6.06. The Balaban J connectivity index is 1.96. The summed E-state index contributed by atoms with van der Waals surface area (Å²) >= 11 is 0. The number of halogens is 1. The molecule has 1 fully saturated rings. The lowest BCUT2D eigenvalue weighted by Gasteiger charge is -2.36. The molecular formula is C13H19FN2. The van der Waals surface area contributed by atoms with Gasteiger partial charge in [0.2, 0.25) is 0 Å². The molecule has 1 heterocycles. The Morgan fingerprint density at radius 1 is 1.50 bits per heavy atom. The van der Waals surface area contributed by atoms with E-state index in [0.29, 0.717) is 6.04 Å². The molecule has 1 aliphatic rings. The highest BCUT2D eigenvalue weighted by atomic mass is 19.1. The molecule has 88 valence electrons. The van der Waals surface area contributed by atoms with Crippen molar-refractivity contribution in [2.24, 2.45) is 5.92 Å². The van der Waals surface area contributed by atoms with Gasteiger partial charge in [-0.1, -0.05) is 13.8 Å². The van der Waals surface area contributed by atoms with Crippen LogP contribution in [0, 0.1) is 11.7 Å². The van der Waals surface area contributed by atoms with Gasteiger partial charge in [-0.15, -0.1) is 0 Å². The van der Waals surface area contributed by atoms with Gasteiger partial charge in [-0.3, -0.25) is 4.98 Å². The second-order valence-corrected chi connectivity index (χ2v) is 4.80. The van der Waals surface area contributed by atoms with E-state index in [0.717, 1.165) is 18.0 Å². The van der Waals surface area contributed by atoms with Gasteiger partial charge in [-0.25, -0.2) is 4.39 Å². The third kappa shape index (κ3) is 2.59. The Morgan fingerprint density at radius 3 is 2.75 bits per heavy atom. The zero-order chi connectivity index (χ0) is 11.5. The van der Waals surface area contributed by atoms with Gasteiger partial charge in [0.1, 0.15) is 5.82 Å². The molecule has 3 heteroatoms. The van der Waals surface area contributed by atoms with E-state index in [-0.39, 0.29) is 11.9 Å². The van der Waals surface area contributed by atoms with Crippen molar-refractivity contribution in [2.45, 2.75) is 45.2 Å². The number of rotatable bonds is 4. The fourth-order valence-electron chi connectivity index (χ4n) is 2.33. The molecule has 0 saturated heterocycles. The normalized spacial score (nSPS) is 26.2. The Labute approximate surface area is 96.3 Å². The molecule has 2 rings (SSSR count). The van der Waals surface area contributed by atoms with Gasteiger partial charge in [-0.2, -0.15) is 0 Å². The van der Waals surface area contributed by atoms with Gasteiger partial charge in [0.15, 0.2) is 0 Å². The molecule has 1 N–H and O–H groups in total. The topological polar surface area (TPSA) is 24.9 Å². The van der Waals surface area contributed by atoms with Crippen LogP contribution in [0.5, 0.6) is 0 Å². The fourth-order valence-corrected chi connectivity index (χ4v) is 2.33. The van der Waals surface area contributed by atoms with Crippen LogP contribution in [0.15, 0.2) is 18.3 Å². The second kappa shape index (κ2) is 4.91. The van der Waals surface area contributed by atoms with Crippen molar-refractivity contribution in [3.63, 3.8) is 0 Å². The van der Waals surface area contributed by atoms with Crippen molar-refractivity contribution in [2.75, 3.05) is 0 Å². The highest BCUT2D eigenvalue weighted by Crippen LogP contribution is 2.29. The van der Waals surface area contributed by atoms with Crippen LogP contribution in [-0.2, 0) is 0 Å². The SMILES string of the molecule is CCC(NC1CC(C)C1)c1ccc(F)cn1. The molecule has 0 amide bonds. The van der Waals surface area contributed by atoms with Crippen molar-refractivity contribution in [3.05, 3.63) is 29.8 Å². The summed E-state index contributed by atoms with van der Waals surface area (Å²) in [5.41, 5.74) is 0.948. The lowest BCUT2D eigenvalue weighted by molar-refractivity contribution is 0.219. The third-order valence-electron chi connectivity index (χ3n) is 3.33. The van der Waals surface area contributed by atoms with Crippen molar-refractivity contribution >= 4 is 0 Å². The van der Waals surface area contributed by atoms with E-state index >= 15 is 0 Å². The molecule has 1 atom stereocenters. The number of hydrogen-bond acceptors (Lipinski definition) is 2. The summed E-state index contributed by atoms with van der Waals surface area (Å²) in [7, 11) is 0. The number of pyridine rings is 1. The lowest BCUT2D eigenvalue weighted by Crippen LogP contribution is -2.42. The third-order valence-corrected chi connectivity index (χ3v) is 3.33. The van der Waals surface area contributed by atoms with Crippen LogP contribution in [0.25, 0.3) is 0 Å². The highest BCUT2D eigenvalue weighted by molar-refractivity contribution is 5.10. The van der Waals surface area contributed by atoms with E-state index in [1.807, 2.05) is 0 Å². The molecule has 0 bridgehead atoms. The van der Waals surface area contributed by atoms with Gasteiger partial charge < -0.3 is 5.32 Å². The maximum atomic E-state index is 12.8. The van der Waals surface area contributed by atoms with E-state index in [1.165, 1.54) is 25.1 Å². The van der Waals surface area contributed by atoms with Crippen LogP contribution in [0.4, 0.5) is 4.39 Å². The summed E-state index contributed by atoms with van der Waals surface area (Å²) in [6, 6.07) is 4.14. The molecule has 0 aliphatic heterocycles. The monoisotopic (exact) mass is 222 g/mol. The van der Waals surface area contributed by atoms with Crippen LogP contribution in [-0.4, -0.2) is 11.0 Å². The van der Waals surface area contributed by atoms with Crippen molar-refractivity contribution < 1.29 is 4.39 Å². The molecule has 2 nitrogen and oxygen atoms in total. The quantitative estimate of drug-likeness (QED) is 0.847. The molecular weight excluding hydrogens is 203 g/mol. The Morgan fingerprint density at radius 2 is 2.25 bits per heavy atom. The first-order valence-electron chi connectivity index (χ1n) is 6.06. The maximum absolute atomic E-state index is 12.8. The van der Waals surface area contributed by atoms with Gasteiger partial charge in [0, 0.05) is 12.1 Å². The zero-order valence-electron chi connectivity index (χ0n) is 9.91. The number of nitrogens with zero attached hydrogens (tertiary/aromatic N) is 1. The average molecular weight is 222 g/mol. The molecule has 1 aromatic rings. The Hall–Kier alpha value is -0.960. The van der Waals surface area contributed by atoms with Crippen LogP contribution < -0.4 is 5.32 Å². The standard InChI is InChI=1S/C13H19FN2/c1-3-12(16-11-6-9(2)7-11)13-5-4-10(14)8-15-13/h4-5,8-9,11-12,16H,3,6-7H2,1-2H3. The largest absolute Gasteiger partial charge is 0.306 e. The van der Waals surface area contributed by atoms with Crippen LogP contribution in [0.1, 0.15) is 44.8 Å². The Bertz CT molecular complexity index is 330. The number of hydrogen-bond donors (Lipinski definition) is 1. The Kier molecular flexibility index (Phi) is 3.54. The van der Waals surface area contributed by atoms with Gasteiger partial charge in [0.25, 0.3) is 0 Å². The van der Waals surface area contributed by atoms with E-state index in [2.05, 4.69) is 24.1 Å². The average Bonchev–Trinajstić information content (AvgIpc) is 2.24. The molecule has 0 radical (unpaired) electrons. The van der Waals surface area contributed by atoms with E-state index in [9.17, 15) is 4.39 Å². The van der Waals surface area contributed by atoms with Crippen molar-refractivity contribution in [3.8, 4) is 0 Å². The number of aromatic nitrogens is 1. The number of nitrogens with one attached hydrogen (secondary N) is 1. The van der Waals surface area contributed by atoms with Gasteiger partial charge in [0.05, 0.1) is 11.9 Å². The first-order chi connectivity index (χ1) is 7.69. The summed E-state index contributed by atoms with van der Waals surface area (Å²) in [4.78, 5) is 4.14. The minimum Gasteiger partial charge on any atom is -0.306 e. The van der Waals surface area contributed by atoms with Crippen LogP contribution in [0.3, 0.4) is 0 Å².